The van der Waals surface area contributed by atoms with Gasteiger partial charge in [0.1, 0.15) is 6.10 Å². The fourth-order valence-electron chi connectivity index (χ4n) is 2.64. The van der Waals surface area contributed by atoms with Crippen molar-refractivity contribution in [2.75, 3.05) is 33.7 Å². The molecule has 3 N–H and O–H groups in total. The van der Waals surface area contributed by atoms with E-state index in [0.717, 1.165) is 17.8 Å². The molecule has 148 valence electrons. The number of thiophene rings is 1. The molecule has 27 heavy (non-hydrogen) atoms. The molecule has 1 aromatic heterocycles. The maximum absolute atomic E-state index is 10.3. The molecule has 0 saturated heterocycles. The molecule has 2 aromatic rings. The molecule has 0 amide bonds. The van der Waals surface area contributed by atoms with Crippen molar-refractivity contribution in [2.45, 2.75) is 25.5 Å². The Morgan fingerprint density at radius 3 is 2.52 bits per heavy atom. The van der Waals surface area contributed by atoms with Crippen LogP contribution in [0.3, 0.4) is 0 Å². The Hall–Kier alpha value is -1.60. The molecule has 0 spiro atoms. The Morgan fingerprint density at radius 1 is 1.19 bits per heavy atom. The molecule has 2 rings (SSSR count). The van der Waals surface area contributed by atoms with Crippen LogP contribution in [-0.2, 0) is 6.42 Å². The third kappa shape index (κ3) is 7.50. The van der Waals surface area contributed by atoms with Gasteiger partial charge in [0, 0.05) is 24.0 Å². The summed E-state index contributed by atoms with van der Waals surface area (Å²) in [5, 5.41) is 16.8. The third-order valence-electron chi connectivity index (χ3n) is 4.23. The largest absolute Gasteiger partial charge is 0.386 e. The summed E-state index contributed by atoms with van der Waals surface area (Å²) in [5.74, 6) is 0.708. The molecule has 0 bridgehead atoms. The van der Waals surface area contributed by atoms with Crippen molar-refractivity contribution in [3.05, 3.63) is 57.2 Å². The Labute approximate surface area is 171 Å². The van der Waals surface area contributed by atoms with Crippen molar-refractivity contribution in [2.24, 2.45) is 4.99 Å². The number of rotatable bonds is 9. The molecule has 0 saturated carbocycles. The highest BCUT2D eigenvalue weighted by Gasteiger charge is 2.14. The first-order valence-corrected chi connectivity index (χ1v) is 10.3. The molecule has 2 unspecified atom stereocenters. The molecule has 0 aliphatic rings. The lowest BCUT2D eigenvalue weighted by molar-refractivity contribution is 0.184. The van der Waals surface area contributed by atoms with Gasteiger partial charge in [-0.25, -0.2) is 0 Å². The fraction of sp³-hybridized carbons (Fsp3) is 0.450. The summed E-state index contributed by atoms with van der Waals surface area (Å²) in [5.41, 5.74) is 1.30. The zero-order valence-corrected chi connectivity index (χ0v) is 17.7. The van der Waals surface area contributed by atoms with E-state index in [1.807, 2.05) is 19.1 Å². The van der Waals surface area contributed by atoms with Gasteiger partial charge in [-0.05, 0) is 45.1 Å². The third-order valence-corrected chi connectivity index (χ3v) is 5.57. The number of nitrogens with one attached hydrogen (secondary N) is 2. The summed E-state index contributed by atoms with van der Waals surface area (Å²) < 4.78 is 0.680. The van der Waals surface area contributed by atoms with E-state index in [0.29, 0.717) is 29.4 Å². The molecular weight excluding hydrogens is 380 g/mol. The molecule has 1 heterocycles. The smallest absolute Gasteiger partial charge is 0.191 e. The number of guanidine groups is 1. The summed E-state index contributed by atoms with van der Waals surface area (Å²) in [6.45, 7) is 3.84. The SMILES string of the molecule is CCNC(=NCC(Cc1ccccc1)N(C)C)NCC(O)c1ccc(Cl)s1. The number of aliphatic hydroxyl groups excluding tert-OH is 1. The highest BCUT2D eigenvalue weighted by Crippen LogP contribution is 2.26. The van der Waals surface area contributed by atoms with Crippen LogP contribution in [0.1, 0.15) is 23.5 Å². The average molecular weight is 409 g/mol. The molecule has 0 fully saturated rings. The quantitative estimate of drug-likeness (QED) is 0.440. The number of aliphatic imine (C=N–C) groups is 1. The van der Waals surface area contributed by atoms with Crippen LogP contribution in [0.25, 0.3) is 0 Å². The van der Waals surface area contributed by atoms with Crippen molar-refractivity contribution in [3.8, 4) is 0 Å². The monoisotopic (exact) mass is 408 g/mol. The second-order valence-corrected chi connectivity index (χ2v) is 8.31. The van der Waals surface area contributed by atoms with E-state index in [1.165, 1.54) is 16.9 Å². The Bertz CT molecular complexity index is 705. The van der Waals surface area contributed by atoms with Gasteiger partial charge in [-0.15, -0.1) is 11.3 Å². The number of likely N-dealkylation sites (N-methyl/N-ethyl adjacent to an activating group) is 1. The molecule has 0 aliphatic heterocycles. The number of nitrogens with zero attached hydrogens (tertiary/aromatic N) is 2. The van der Waals surface area contributed by atoms with Crippen LogP contribution in [-0.4, -0.2) is 55.7 Å². The van der Waals surface area contributed by atoms with Crippen LogP contribution >= 0.6 is 22.9 Å². The maximum Gasteiger partial charge on any atom is 0.191 e. The number of hydrogen-bond donors (Lipinski definition) is 3. The van der Waals surface area contributed by atoms with Gasteiger partial charge in [0.25, 0.3) is 0 Å². The minimum Gasteiger partial charge on any atom is -0.386 e. The van der Waals surface area contributed by atoms with Gasteiger partial charge in [0.05, 0.1) is 10.9 Å². The maximum atomic E-state index is 10.3. The number of hydrogen-bond acceptors (Lipinski definition) is 4. The van der Waals surface area contributed by atoms with Gasteiger partial charge in [-0.2, -0.15) is 0 Å². The summed E-state index contributed by atoms with van der Waals surface area (Å²) in [7, 11) is 4.15. The lowest BCUT2D eigenvalue weighted by Crippen LogP contribution is -2.41. The topological polar surface area (TPSA) is 59.9 Å². The molecule has 7 heteroatoms. The fourth-order valence-corrected chi connectivity index (χ4v) is 3.68. The summed E-state index contributed by atoms with van der Waals surface area (Å²) in [6.07, 6.45) is 0.327. The van der Waals surface area contributed by atoms with Crippen molar-refractivity contribution < 1.29 is 5.11 Å². The van der Waals surface area contributed by atoms with E-state index in [4.69, 9.17) is 16.6 Å². The molecule has 0 radical (unpaired) electrons. The Balaban J connectivity index is 1.95. The van der Waals surface area contributed by atoms with Crippen LogP contribution in [0.4, 0.5) is 0 Å². The summed E-state index contributed by atoms with van der Waals surface area (Å²) in [6, 6.07) is 14.4. The van der Waals surface area contributed by atoms with Crippen LogP contribution in [0.15, 0.2) is 47.5 Å². The van der Waals surface area contributed by atoms with Gasteiger partial charge in [0.2, 0.25) is 0 Å². The summed E-state index contributed by atoms with van der Waals surface area (Å²) in [4.78, 5) is 7.76. The highest BCUT2D eigenvalue weighted by atomic mass is 35.5. The van der Waals surface area contributed by atoms with Gasteiger partial charge >= 0.3 is 0 Å². The Morgan fingerprint density at radius 2 is 1.93 bits per heavy atom. The zero-order chi connectivity index (χ0) is 19.6. The van der Waals surface area contributed by atoms with Crippen LogP contribution in [0, 0.1) is 0 Å². The minimum atomic E-state index is -0.611. The lowest BCUT2D eigenvalue weighted by atomic mass is 10.1. The van der Waals surface area contributed by atoms with Crippen molar-refractivity contribution in [1.82, 2.24) is 15.5 Å². The van der Waals surface area contributed by atoms with Gasteiger partial charge in [-0.1, -0.05) is 41.9 Å². The lowest BCUT2D eigenvalue weighted by Gasteiger charge is -2.23. The zero-order valence-electron chi connectivity index (χ0n) is 16.2. The van der Waals surface area contributed by atoms with E-state index < -0.39 is 6.10 Å². The van der Waals surface area contributed by atoms with E-state index in [-0.39, 0.29) is 0 Å². The molecule has 1 aromatic carbocycles. The number of halogens is 1. The minimum absolute atomic E-state index is 0.295. The van der Waals surface area contributed by atoms with Gasteiger partial charge < -0.3 is 20.6 Å². The number of aliphatic hydroxyl groups is 1. The second-order valence-electron chi connectivity index (χ2n) is 6.57. The van der Waals surface area contributed by atoms with Crippen molar-refractivity contribution in [3.63, 3.8) is 0 Å². The van der Waals surface area contributed by atoms with Crippen LogP contribution in [0.5, 0.6) is 0 Å². The normalized spacial score (nSPS) is 14.2. The predicted octanol–water partition coefficient (Wildman–Crippen LogP) is 3.16. The molecule has 5 nitrogen and oxygen atoms in total. The molecular formula is C20H29ClN4OS. The predicted molar refractivity (Wildman–Crippen MR) is 116 cm³/mol. The first-order chi connectivity index (χ1) is 13.0. The number of benzene rings is 1. The average Bonchev–Trinajstić information content (AvgIpc) is 3.09. The second kappa shape index (κ2) is 11.3. The van der Waals surface area contributed by atoms with E-state index >= 15 is 0 Å². The first kappa shape index (κ1) is 21.7. The standard InChI is InChI=1S/C20H29ClN4OS/c1-4-22-20(24-14-17(26)18-10-11-19(21)27-18)23-13-16(25(2)3)12-15-8-6-5-7-9-15/h5-11,16-17,26H,4,12-14H2,1-3H3,(H2,22,23,24). The van der Waals surface area contributed by atoms with Gasteiger partial charge in [-0.3, -0.25) is 4.99 Å². The van der Waals surface area contributed by atoms with E-state index in [1.54, 1.807) is 6.07 Å². The Kier molecular flexibility index (Phi) is 9.07. The highest BCUT2D eigenvalue weighted by molar-refractivity contribution is 7.16. The van der Waals surface area contributed by atoms with Crippen LogP contribution in [0.2, 0.25) is 4.34 Å². The van der Waals surface area contributed by atoms with Crippen molar-refractivity contribution >= 4 is 28.9 Å². The summed E-state index contributed by atoms with van der Waals surface area (Å²) >= 11 is 7.34. The van der Waals surface area contributed by atoms with Crippen molar-refractivity contribution in [1.29, 1.82) is 0 Å². The van der Waals surface area contributed by atoms with Gasteiger partial charge in [0.15, 0.2) is 5.96 Å². The van der Waals surface area contributed by atoms with E-state index in [2.05, 4.69) is 53.9 Å². The van der Waals surface area contributed by atoms with E-state index in [9.17, 15) is 5.11 Å². The molecule has 2 atom stereocenters. The first-order valence-electron chi connectivity index (χ1n) is 9.15. The van der Waals surface area contributed by atoms with Crippen LogP contribution < -0.4 is 10.6 Å². The molecule has 0 aliphatic carbocycles.